The Morgan fingerprint density at radius 2 is 2.33 bits per heavy atom. The van der Waals surface area contributed by atoms with E-state index in [4.69, 9.17) is 22.1 Å². The van der Waals surface area contributed by atoms with E-state index in [1.165, 1.54) is 6.07 Å². The van der Waals surface area contributed by atoms with E-state index in [0.717, 1.165) is 5.75 Å². The number of rotatable bonds is 4. The number of hydrogen-bond donors (Lipinski definition) is 1. The summed E-state index contributed by atoms with van der Waals surface area (Å²) in [6, 6.07) is 4.72. The Hall–Kier alpha value is -0.870. The van der Waals surface area contributed by atoms with E-state index >= 15 is 0 Å². The van der Waals surface area contributed by atoms with Gasteiger partial charge in [-0.15, -0.1) is 0 Å². The molecule has 0 aromatic heterocycles. The number of nitrogens with two attached hydrogens (primary N) is 1. The number of esters is 1. The number of thioether (sulfide) groups is 1. The van der Waals surface area contributed by atoms with Crippen LogP contribution >= 0.6 is 23.4 Å². The molecule has 0 bridgehead atoms. The second-order valence-electron chi connectivity index (χ2n) is 2.86. The van der Waals surface area contributed by atoms with E-state index in [1.54, 1.807) is 23.9 Å². The number of benzene rings is 1. The Balaban J connectivity index is 2.65. The molecule has 0 aliphatic carbocycles. The molecule has 1 aromatic carbocycles. The normalized spacial score (nSPS) is 10.0. The second-order valence-corrected chi connectivity index (χ2v) is 4.28. The summed E-state index contributed by atoms with van der Waals surface area (Å²) in [6.45, 7) is 0.391. The van der Waals surface area contributed by atoms with E-state index < -0.39 is 5.97 Å². The molecule has 0 aliphatic rings. The Morgan fingerprint density at radius 3 is 2.93 bits per heavy atom. The highest BCUT2D eigenvalue weighted by Crippen LogP contribution is 2.18. The van der Waals surface area contributed by atoms with Gasteiger partial charge in [-0.2, -0.15) is 11.8 Å². The molecular weight excluding hydrogens is 234 g/mol. The number of ether oxygens (including phenoxy) is 1. The lowest BCUT2D eigenvalue weighted by molar-refractivity contribution is 0.0531. The minimum Gasteiger partial charge on any atom is -0.461 e. The van der Waals surface area contributed by atoms with Crippen LogP contribution in [0, 0.1) is 0 Å². The third-order valence-electron chi connectivity index (χ3n) is 1.75. The first-order valence-corrected chi connectivity index (χ1v) is 6.13. The molecule has 0 amide bonds. The lowest BCUT2D eigenvalue weighted by Gasteiger charge is -2.06. The van der Waals surface area contributed by atoms with Crippen LogP contribution in [0.4, 0.5) is 5.69 Å². The first kappa shape index (κ1) is 12.2. The van der Waals surface area contributed by atoms with Crippen molar-refractivity contribution in [2.45, 2.75) is 0 Å². The van der Waals surface area contributed by atoms with Gasteiger partial charge >= 0.3 is 5.97 Å². The summed E-state index contributed by atoms with van der Waals surface area (Å²) in [5.74, 6) is 0.373. The maximum atomic E-state index is 11.5. The van der Waals surface area contributed by atoms with Crippen molar-refractivity contribution in [2.24, 2.45) is 0 Å². The van der Waals surface area contributed by atoms with Gasteiger partial charge in [-0.1, -0.05) is 11.6 Å². The predicted molar refractivity (Wildman–Crippen MR) is 64.5 cm³/mol. The summed E-state index contributed by atoms with van der Waals surface area (Å²) in [7, 11) is 0. The summed E-state index contributed by atoms with van der Waals surface area (Å²) in [4.78, 5) is 11.5. The largest absolute Gasteiger partial charge is 0.461 e. The smallest absolute Gasteiger partial charge is 0.340 e. The van der Waals surface area contributed by atoms with Gasteiger partial charge in [-0.25, -0.2) is 4.79 Å². The molecule has 15 heavy (non-hydrogen) atoms. The zero-order chi connectivity index (χ0) is 11.3. The van der Waals surface area contributed by atoms with Gasteiger partial charge in [-0.3, -0.25) is 0 Å². The lowest BCUT2D eigenvalue weighted by Crippen LogP contribution is -2.10. The first-order chi connectivity index (χ1) is 7.15. The maximum absolute atomic E-state index is 11.5. The molecule has 0 fully saturated rings. The highest BCUT2D eigenvalue weighted by Gasteiger charge is 2.10. The van der Waals surface area contributed by atoms with Crippen LogP contribution in [-0.4, -0.2) is 24.6 Å². The summed E-state index contributed by atoms with van der Waals surface area (Å²) in [5.41, 5.74) is 6.34. The Kier molecular flexibility index (Phi) is 4.78. The summed E-state index contributed by atoms with van der Waals surface area (Å²) >= 11 is 7.33. The molecule has 0 saturated heterocycles. The first-order valence-electron chi connectivity index (χ1n) is 4.36. The van der Waals surface area contributed by atoms with Crippen molar-refractivity contribution in [1.29, 1.82) is 0 Å². The van der Waals surface area contributed by atoms with E-state index in [9.17, 15) is 4.79 Å². The monoisotopic (exact) mass is 245 g/mol. The Labute approximate surface area is 97.9 Å². The average molecular weight is 246 g/mol. The van der Waals surface area contributed by atoms with Gasteiger partial charge in [0.25, 0.3) is 0 Å². The van der Waals surface area contributed by atoms with Gasteiger partial charge in [-0.05, 0) is 24.5 Å². The number of hydrogen-bond acceptors (Lipinski definition) is 4. The topological polar surface area (TPSA) is 52.3 Å². The molecule has 1 rings (SSSR count). The molecule has 5 heteroatoms. The quantitative estimate of drug-likeness (QED) is 0.503. The lowest BCUT2D eigenvalue weighted by atomic mass is 10.2. The fraction of sp³-hybridized carbons (Fsp3) is 0.300. The third kappa shape index (κ3) is 3.64. The van der Waals surface area contributed by atoms with Crippen molar-refractivity contribution in [3.05, 3.63) is 28.8 Å². The maximum Gasteiger partial charge on any atom is 0.340 e. The van der Waals surface area contributed by atoms with E-state index in [1.807, 2.05) is 6.26 Å². The minimum absolute atomic E-state index is 0.344. The number of halogens is 1. The molecule has 0 unspecified atom stereocenters. The van der Waals surface area contributed by atoms with Crippen LogP contribution in [-0.2, 0) is 4.74 Å². The average Bonchev–Trinajstić information content (AvgIpc) is 2.17. The molecule has 0 atom stereocenters. The number of anilines is 1. The second kappa shape index (κ2) is 5.88. The number of carbonyl (C=O) groups is 1. The van der Waals surface area contributed by atoms with E-state index in [-0.39, 0.29) is 0 Å². The number of nitrogen functional groups attached to an aromatic ring is 1. The molecule has 0 saturated carbocycles. The summed E-state index contributed by atoms with van der Waals surface area (Å²) in [5, 5.41) is 0.508. The molecule has 82 valence electrons. The van der Waals surface area contributed by atoms with Crippen molar-refractivity contribution in [2.75, 3.05) is 24.3 Å². The summed E-state index contributed by atoms with van der Waals surface area (Å²) < 4.78 is 5.01. The zero-order valence-electron chi connectivity index (χ0n) is 8.33. The fourth-order valence-corrected chi connectivity index (χ4v) is 1.45. The Bertz CT molecular complexity index is 357. The third-order valence-corrected chi connectivity index (χ3v) is 2.56. The standard InChI is InChI=1S/C10H12ClNO2S/c1-15-5-4-14-10(13)8-3-2-7(11)6-9(8)12/h2-3,6H,4-5,12H2,1H3. The van der Waals surface area contributed by atoms with Gasteiger partial charge in [0.1, 0.15) is 6.61 Å². The molecule has 0 spiro atoms. The van der Waals surface area contributed by atoms with Crippen LogP contribution < -0.4 is 5.73 Å². The molecule has 3 nitrogen and oxygen atoms in total. The Morgan fingerprint density at radius 1 is 1.60 bits per heavy atom. The fourth-order valence-electron chi connectivity index (χ4n) is 1.01. The summed E-state index contributed by atoms with van der Waals surface area (Å²) in [6.07, 6.45) is 1.95. The van der Waals surface area contributed by atoms with Gasteiger partial charge in [0.15, 0.2) is 0 Å². The highest BCUT2D eigenvalue weighted by atomic mass is 35.5. The van der Waals surface area contributed by atoms with Crippen molar-refractivity contribution in [3.63, 3.8) is 0 Å². The van der Waals surface area contributed by atoms with Crippen LogP contribution in [0.25, 0.3) is 0 Å². The van der Waals surface area contributed by atoms with Gasteiger partial charge in [0, 0.05) is 16.5 Å². The van der Waals surface area contributed by atoms with Crippen LogP contribution in [0.1, 0.15) is 10.4 Å². The molecule has 0 aliphatic heterocycles. The minimum atomic E-state index is -0.404. The van der Waals surface area contributed by atoms with Gasteiger partial charge in [0.2, 0.25) is 0 Å². The highest BCUT2D eigenvalue weighted by molar-refractivity contribution is 7.98. The number of carbonyl (C=O) groups excluding carboxylic acids is 1. The predicted octanol–water partition coefficient (Wildman–Crippen LogP) is 2.44. The van der Waals surface area contributed by atoms with Crippen LogP contribution in [0.15, 0.2) is 18.2 Å². The van der Waals surface area contributed by atoms with Crippen molar-refractivity contribution in [1.82, 2.24) is 0 Å². The molecular formula is C10H12ClNO2S. The zero-order valence-corrected chi connectivity index (χ0v) is 9.90. The van der Waals surface area contributed by atoms with Crippen LogP contribution in [0.5, 0.6) is 0 Å². The van der Waals surface area contributed by atoms with E-state index in [2.05, 4.69) is 0 Å². The van der Waals surface area contributed by atoms with Crippen LogP contribution in [0.2, 0.25) is 5.02 Å². The van der Waals surface area contributed by atoms with Crippen molar-refractivity contribution < 1.29 is 9.53 Å². The van der Waals surface area contributed by atoms with Gasteiger partial charge in [0.05, 0.1) is 5.56 Å². The van der Waals surface area contributed by atoms with Crippen molar-refractivity contribution >= 4 is 35.0 Å². The van der Waals surface area contributed by atoms with Crippen LogP contribution in [0.3, 0.4) is 0 Å². The molecule has 1 aromatic rings. The molecule has 2 N–H and O–H groups in total. The van der Waals surface area contributed by atoms with Gasteiger partial charge < -0.3 is 10.5 Å². The molecule has 0 heterocycles. The molecule has 0 radical (unpaired) electrons. The van der Waals surface area contributed by atoms with Crippen molar-refractivity contribution in [3.8, 4) is 0 Å². The SMILES string of the molecule is CSCCOC(=O)c1ccc(Cl)cc1N. The van der Waals surface area contributed by atoms with E-state index in [0.29, 0.717) is 22.9 Å².